The molecule has 4 nitrogen and oxygen atoms in total. The van der Waals surface area contributed by atoms with Gasteiger partial charge in [-0.1, -0.05) is 133 Å². The van der Waals surface area contributed by atoms with E-state index in [1.807, 2.05) is 0 Å². The molecule has 0 N–H and O–H groups in total. The van der Waals surface area contributed by atoms with Gasteiger partial charge in [0.1, 0.15) is 0 Å². The summed E-state index contributed by atoms with van der Waals surface area (Å²) in [6, 6.07) is 75.4. The van der Waals surface area contributed by atoms with Crippen molar-refractivity contribution in [3.8, 4) is 22.7 Å². The SMILES string of the molecule is c1ccc(-n2c3ccccc3c3cc(-n4c5c(ccc6c7ccccc7n(-c7ccccc7)c65)c5ccc6c7ccccc7n(-c7ccccc7)c6c54)ccc32)cc1. The zero-order valence-electron chi connectivity index (χ0n) is 31.4. The van der Waals surface area contributed by atoms with Crippen LogP contribution in [0, 0.1) is 0 Å². The van der Waals surface area contributed by atoms with Crippen molar-refractivity contribution >= 4 is 87.2 Å². The summed E-state index contributed by atoms with van der Waals surface area (Å²) in [6.07, 6.45) is 0. The van der Waals surface area contributed by atoms with E-state index >= 15 is 0 Å². The van der Waals surface area contributed by atoms with E-state index in [-0.39, 0.29) is 0 Å². The Balaban J connectivity index is 1.28. The third-order valence-corrected chi connectivity index (χ3v) is 12.3. The zero-order chi connectivity index (χ0) is 37.9. The predicted molar refractivity (Wildman–Crippen MR) is 244 cm³/mol. The summed E-state index contributed by atoms with van der Waals surface area (Å²) in [5.41, 5.74) is 14.1. The maximum absolute atomic E-state index is 2.58. The lowest BCUT2D eigenvalue weighted by atomic mass is 10.1. The molecule has 0 aliphatic rings. The molecule has 0 aliphatic carbocycles. The van der Waals surface area contributed by atoms with Gasteiger partial charge in [-0.15, -0.1) is 0 Å². The van der Waals surface area contributed by atoms with Gasteiger partial charge < -0.3 is 18.3 Å². The molecule has 0 spiro atoms. The largest absolute Gasteiger partial charge is 0.309 e. The smallest absolute Gasteiger partial charge is 0.0789 e. The topological polar surface area (TPSA) is 19.7 Å². The highest BCUT2D eigenvalue weighted by atomic mass is 15.1. The van der Waals surface area contributed by atoms with Crippen LogP contribution < -0.4 is 0 Å². The van der Waals surface area contributed by atoms with E-state index < -0.39 is 0 Å². The van der Waals surface area contributed by atoms with Gasteiger partial charge in [0.2, 0.25) is 0 Å². The summed E-state index contributed by atoms with van der Waals surface area (Å²) in [4.78, 5) is 0. The van der Waals surface area contributed by atoms with Gasteiger partial charge in [0.25, 0.3) is 0 Å². The molecule has 4 heterocycles. The third-order valence-electron chi connectivity index (χ3n) is 12.3. The van der Waals surface area contributed by atoms with Gasteiger partial charge in [0, 0.05) is 65.8 Å². The fourth-order valence-corrected chi connectivity index (χ4v) is 9.98. The lowest BCUT2D eigenvalue weighted by Crippen LogP contribution is -2.01. The lowest BCUT2D eigenvalue weighted by Gasteiger charge is -2.15. The Morgan fingerprint density at radius 2 is 0.517 bits per heavy atom. The monoisotopic (exact) mass is 738 g/mol. The van der Waals surface area contributed by atoms with Crippen molar-refractivity contribution < 1.29 is 0 Å². The average Bonchev–Trinajstić information content (AvgIpc) is 4.02. The summed E-state index contributed by atoms with van der Waals surface area (Å²) in [7, 11) is 0. The highest BCUT2D eigenvalue weighted by Crippen LogP contribution is 2.46. The van der Waals surface area contributed by atoms with Gasteiger partial charge in [-0.3, -0.25) is 0 Å². The summed E-state index contributed by atoms with van der Waals surface area (Å²) in [6.45, 7) is 0. The van der Waals surface area contributed by atoms with Gasteiger partial charge in [0.15, 0.2) is 0 Å². The number of nitrogens with zero attached hydrogens (tertiary/aromatic N) is 4. The number of hydrogen-bond acceptors (Lipinski definition) is 0. The molecule has 0 amide bonds. The summed E-state index contributed by atoms with van der Waals surface area (Å²) in [5.74, 6) is 0. The normalized spacial score (nSPS) is 12.1. The molecular formula is C54H34N4. The van der Waals surface area contributed by atoms with E-state index in [4.69, 9.17) is 0 Å². The highest BCUT2D eigenvalue weighted by Gasteiger charge is 2.25. The summed E-state index contributed by atoms with van der Waals surface area (Å²) < 4.78 is 9.94. The van der Waals surface area contributed by atoms with E-state index in [9.17, 15) is 0 Å². The molecule has 0 fully saturated rings. The number of benzene rings is 9. The van der Waals surface area contributed by atoms with E-state index in [0.29, 0.717) is 0 Å². The predicted octanol–water partition coefficient (Wildman–Crippen LogP) is 14.1. The van der Waals surface area contributed by atoms with Crippen molar-refractivity contribution in [2.45, 2.75) is 0 Å². The maximum atomic E-state index is 2.58. The molecule has 0 atom stereocenters. The first-order chi connectivity index (χ1) is 28.8. The molecule has 0 unspecified atom stereocenters. The van der Waals surface area contributed by atoms with Gasteiger partial charge in [0.05, 0.1) is 44.1 Å². The second-order valence-electron chi connectivity index (χ2n) is 15.3. The Labute approximate surface area is 333 Å². The second-order valence-corrected chi connectivity index (χ2v) is 15.3. The van der Waals surface area contributed by atoms with Gasteiger partial charge >= 0.3 is 0 Å². The van der Waals surface area contributed by atoms with Crippen molar-refractivity contribution in [3.05, 3.63) is 206 Å². The quantitative estimate of drug-likeness (QED) is 0.171. The minimum absolute atomic E-state index is 1.12. The molecule has 0 bridgehead atoms. The van der Waals surface area contributed by atoms with Gasteiger partial charge in [-0.05, 0) is 72.8 Å². The Morgan fingerprint density at radius 3 is 0.983 bits per heavy atom. The van der Waals surface area contributed by atoms with E-state index in [2.05, 4.69) is 225 Å². The van der Waals surface area contributed by atoms with Crippen molar-refractivity contribution in [1.82, 2.24) is 18.3 Å². The number of hydrogen-bond donors (Lipinski definition) is 0. The first-order valence-corrected chi connectivity index (χ1v) is 20.0. The van der Waals surface area contributed by atoms with Crippen LogP contribution in [0.2, 0.25) is 0 Å². The first kappa shape index (κ1) is 31.4. The Kier molecular flexibility index (Phi) is 6.41. The minimum Gasteiger partial charge on any atom is -0.309 e. The molecule has 270 valence electrons. The van der Waals surface area contributed by atoms with Crippen LogP contribution in [0.25, 0.3) is 110 Å². The molecule has 58 heavy (non-hydrogen) atoms. The molecule has 4 heteroatoms. The number of rotatable bonds is 4. The van der Waals surface area contributed by atoms with Gasteiger partial charge in [-0.25, -0.2) is 0 Å². The fraction of sp³-hybridized carbons (Fsp3) is 0. The van der Waals surface area contributed by atoms with Crippen LogP contribution in [0.3, 0.4) is 0 Å². The van der Waals surface area contributed by atoms with Gasteiger partial charge in [-0.2, -0.15) is 0 Å². The highest BCUT2D eigenvalue weighted by molar-refractivity contribution is 6.29. The van der Waals surface area contributed by atoms with E-state index in [0.717, 1.165) is 22.7 Å². The first-order valence-electron chi connectivity index (χ1n) is 20.0. The maximum Gasteiger partial charge on any atom is 0.0789 e. The summed E-state index contributed by atoms with van der Waals surface area (Å²) >= 11 is 0. The number of aromatic nitrogens is 4. The van der Waals surface area contributed by atoms with E-state index in [1.54, 1.807) is 0 Å². The Bertz CT molecular complexity index is 3600. The molecule has 4 aromatic heterocycles. The fourth-order valence-electron chi connectivity index (χ4n) is 9.98. The molecule has 9 aromatic carbocycles. The van der Waals surface area contributed by atoms with Crippen LogP contribution in [-0.2, 0) is 0 Å². The minimum atomic E-state index is 1.12. The van der Waals surface area contributed by atoms with Crippen LogP contribution in [0.15, 0.2) is 206 Å². The standard InChI is InChI=1S/C54H34N4/c1-4-16-35(17-5-1)55-47-25-13-12-24-41(47)46-34-38(28-33-50(46)55)58-53-44(31-29-42-39-22-10-14-26-48(39)56(51(42)53)36-18-6-2-7-19-36)45-32-30-43-40-23-11-15-27-49(40)57(52(43)54(45)58)37-20-8-3-9-21-37/h1-34H. The van der Waals surface area contributed by atoms with Crippen molar-refractivity contribution in [3.63, 3.8) is 0 Å². The summed E-state index contributed by atoms with van der Waals surface area (Å²) in [5, 5.41) is 9.85. The lowest BCUT2D eigenvalue weighted by molar-refractivity contribution is 1.14. The van der Waals surface area contributed by atoms with Crippen LogP contribution in [-0.4, -0.2) is 18.3 Å². The Hall–Kier alpha value is -7.82. The third kappa shape index (κ3) is 4.18. The van der Waals surface area contributed by atoms with Crippen LogP contribution in [0.5, 0.6) is 0 Å². The van der Waals surface area contributed by atoms with Crippen LogP contribution >= 0.6 is 0 Å². The molecule has 13 rings (SSSR count). The van der Waals surface area contributed by atoms with Crippen molar-refractivity contribution in [2.75, 3.05) is 0 Å². The average molecular weight is 739 g/mol. The number of fused-ring (bicyclic) bond motifs is 14. The second kappa shape index (κ2) is 11.8. The zero-order valence-corrected chi connectivity index (χ0v) is 31.4. The molecule has 0 saturated heterocycles. The molecular weight excluding hydrogens is 705 g/mol. The van der Waals surface area contributed by atoms with Crippen LogP contribution in [0.1, 0.15) is 0 Å². The van der Waals surface area contributed by atoms with Crippen molar-refractivity contribution in [2.24, 2.45) is 0 Å². The van der Waals surface area contributed by atoms with E-state index in [1.165, 1.54) is 87.2 Å². The van der Waals surface area contributed by atoms with Crippen molar-refractivity contribution in [1.29, 1.82) is 0 Å². The van der Waals surface area contributed by atoms with Crippen LogP contribution in [0.4, 0.5) is 0 Å². The molecule has 0 aliphatic heterocycles. The molecule has 13 aromatic rings. The molecule has 0 saturated carbocycles. The Morgan fingerprint density at radius 1 is 0.190 bits per heavy atom. The number of para-hydroxylation sites is 6. The molecule has 0 radical (unpaired) electrons.